The summed E-state index contributed by atoms with van der Waals surface area (Å²) in [7, 11) is 0. The van der Waals surface area contributed by atoms with E-state index in [-0.39, 0.29) is 36.9 Å². The predicted molar refractivity (Wildman–Crippen MR) is 129 cm³/mol. The Morgan fingerprint density at radius 3 is 2.29 bits per heavy atom. The summed E-state index contributed by atoms with van der Waals surface area (Å²) in [5, 5.41) is 12.3. The molecule has 7 nitrogen and oxygen atoms in total. The minimum Gasteiger partial charge on any atom is -0.480 e. The third-order valence-corrected chi connectivity index (χ3v) is 8.29. The van der Waals surface area contributed by atoms with Crippen molar-refractivity contribution in [2.45, 2.75) is 44.1 Å². The maximum atomic E-state index is 13.3. The van der Waals surface area contributed by atoms with Crippen molar-refractivity contribution in [2.75, 3.05) is 19.7 Å². The minimum absolute atomic E-state index is 0.00468. The summed E-state index contributed by atoms with van der Waals surface area (Å²) in [4.78, 5) is 38.9. The maximum Gasteiger partial charge on any atom is 0.407 e. The number of carboxylic acids is 1. The molecule has 4 aliphatic rings. The van der Waals surface area contributed by atoms with Crippen LogP contribution in [0.3, 0.4) is 0 Å². The summed E-state index contributed by atoms with van der Waals surface area (Å²) in [6, 6.07) is 16.3. The van der Waals surface area contributed by atoms with Crippen LogP contribution in [0.5, 0.6) is 0 Å². The van der Waals surface area contributed by atoms with Gasteiger partial charge in [0.2, 0.25) is 5.91 Å². The standard InChI is InChI=1S/C28H30N2O5/c31-25(32)15-30(14-17-9-10-17)26(33)28-12-18(28)11-19(13-28)29-27(34)35-16-24-22-7-3-1-5-20(22)21-6-2-4-8-23(21)24/h1-8,17-19,24H,9-16H2,(H,29,34)(H,31,32)/t18-,19+,28+/m1/s1. The highest BCUT2D eigenvalue weighted by molar-refractivity contribution is 5.89. The van der Waals surface area contributed by atoms with E-state index in [1.807, 2.05) is 24.3 Å². The first-order valence-electron chi connectivity index (χ1n) is 12.6. The van der Waals surface area contributed by atoms with E-state index in [4.69, 9.17) is 4.74 Å². The first kappa shape index (κ1) is 22.1. The monoisotopic (exact) mass is 474 g/mol. The molecule has 0 heterocycles. The van der Waals surface area contributed by atoms with Crippen LogP contribution in [0.2, 0.25) is 0 Å². The van der Waals surface area contributed by atoms with E-state index in [0.29, 0.717) is 18.9 Å². The van der Waals surface area contributed by atoms with Gasteiger partial charge in [-0.3, -0.25) is 9.59 Å². The van der Waals surface area contributed by atoms with Gasteiger partial charge in [0.1, 0.15) is 13.2 Å². The summed E-state index contributed by atoms with van der Waals surface area (Å²) in [5.74, 6) is -0.370. The quantitative estimate of drug-likeness (QED) is 0.603. The van der Waals surface area contributed by atoms with Crippen LogP contribution in [0.4, 0.5) is 4.79 Å². The molecule has 2 aromatic rings. The van der Waals surface area contributed by atoms with Gasteiger partial charge in [-0.15, -0.1) is 0 Å². The molecule has 6 rings (SSSR count). The van der Waals surface area contributed by atoms with Crippen LogP contribution in [0.25, 0.3) is 11.1 Å². The highest BCUT2D eigenvalue weighted by Gasteiger charge is 2.66. The molecule has 0 bridgehead atoms. The van der Waals surface area contributed by atoms with Gasteiger partial charge in [0.05, 0.1) is 5.41 Å². The maximum absolute atomic E-state index is 13.3. The molecule has 182 valence electrons. The molecule has 2 amide bonds. The fourth-order valence-corrected chi connectivity index (χ4v) is 6.38. The number of alkyl carbamates (subject to hydrolysis) is 1. The molecule has 0 radical (unpaired) electrons. The number of hydrogen-bond acceptors (Lipinski definition) is 4. The van der Waals surface area contributed by atoms with E-state index >= 15 is 0 Å². The molecular weight excluding hydrogens is 444 g/mol. The van der Waals surface area contributed by atoms with Crippen LogP contribution >= 0.6 is 0 Å². The summed E-state index contributed by atoms with van der Waals surface area (Å²) < 4.78 is 5.68. The Labute approximate surface area is 204 Å². The van der Waals surface area contributed by atoms with Gasteiger partial charge in [-0.05, 0) is 66.2 Å². The lowest BCUT2D eigenvalue weighted by atomic mass is 9.98. The molecule has 35 heavy (non-hydrogen) atoms. The van der Waals surface area contributed by atoms with Crippen molar-refractivity contribution in [3.05, 3.63) is 59.7 Å². The van der Waals surface area contributed by atoms with Gasteiger partial charge in [0.15, 0.2) is 0 Å². The summed E-state index contributed by atoms with van der Waals surface area (Å²) in [6.07, 6.45) is 3.75. The van der Waals surface area contributed by atoms with Gasteiger partial charge < -0.3 is 20.1 Å². The number of fused-ring (bicyclic) bond motifs is 4. The SMILES string of the molecule is O=C(O)CN(CC1CC1)C(=O)[C@@]12C[C@@H](NC(=O)OCC3c4ccccc4-c4ccccc43)C[C@@H]1C2. The van der Waals surface area contributed by atoms with Crippen molar-refractivity contribution in [1.29, 1.82) is 0 Å². The number of benzene rings is 2. The molecule has 3 fully saturated rings. The molecule has 3 atom stereocenters. The molecule has 0 unspecified atom stereocenters. The lowest BCUT2D eigenvalue weighted by molar-refractivity contribution is -0.147. The van der Waals surface area contributed by atoms with Crippen LogP contribution in [0.15, 0.2) is 48.5 Å². The Morgan fingerprint density at radius 2 is 1.66 bits per heavy atom. The number of carbonyl (C=O) groups excluding carboxylic acids is 2. The fourth-order valence-electron chi connectivity index (χ4n) is 6.38. The molecular formula is C28H30N2O5. The number of nitrogens with one attached hydrogen (secondary N) is 1. The highest BCUT2D eigenvalue weighted by Crippen LogP contribution is 2.64. The number of ether oxygens (including phenoxy) is 1. The van der Waals surface area contributed by atoms with Gasteiger partial charge in [-0.2, -0.15) is 0 Å². The lowest BCUT2D eigenvalue weighted by Crippen LogP contribution is -2.43. The third-order valence-electron chi connectivity index (χ3n) is 8.29. The van der Waals surface area contributed by atoms with Gasteiger partial charge >= 0.3 is 12.1 Å². The van der Waals surface area contributed by atoms with E-state index in [9.17, 15) is 19.5 Å². The highest BCUT2D eigenvalue weighted by atomic mass is 16.5. The van der Waals surface area contributed by atoms with Crippen LogP contribution in [-0.4, -0.2) is 53.7 Å². The van der Waals surface area contributed by atoms with Crippen LogP contribution in [-0.2, 0) is 14.3 Å². The number of nitrogens with zero attached hydrogens (tertiary/aromatic N) is 1. The molecule has 0 saturated heterocycles. The van der Waals surface area contributed by atoms with Crippen LogP contribution in [0.1, 0.15) is 49.1 Å². The van der Waals surface area contributed by atoms with E-state index in [1.165, 1.54) is 27.2 Å². The van der Waals surface area contributed by atoms with Crippen LogP contribution in [0, 0.1) is 17.3 Å². The first-order chi connectivity index (χ1) is 16.9. The number of amides is 2. The predicted octanol–water partition coefficient (Wildman–Crippen LogP) is 4.02. The van der Waals surface area contributed by atoms with E-state index < -0.39 is 17.5 Å². The van der Waals surface area contributed by atoms with Gasteiger partial charge in [-0.1, -0.05) is 48.5 Å². The van der Waals surface area contributed by atoms with E-state index in [2.05, 4.69) is 29.6 Å². The lowest BCUT2D eigenvalue weighted by Gasteiger charge is -2.26. The number of rotatable bonds is 8. The van der Waals surface area contributed by atoms with Crippen molar-refractivity contribution in [3.8, 4) is 11.1 Å². The molecule has 2 aromatic carbocycles. The Balaban J connectivity index is 1.06. The van der Waals surface area contributed by atoms with E-state index in [0.717, 1.165) is 25.7 Å². The zero-order chi connectivity index (χ0) is 24.2. The number of aliphatic carboxylic acids is 1. The van der Waals surface area contributed by atoms with Crippen molar-refractivity contribution in [3.63, 3.8) is 0 Å². The summed E-state index contributed by atoms with van der Waals surface area (Å²) >= 11 is 0. The normalized spacial score (nSPS) is 25.8. The zero-order valence-corrected chi connectivity index (χ0v) is 19.6. The fraction of sp³-hybridized carbons (Fsp3) is 0.464. The average molecular weight is 475 g/mol. The Bertz CT molecular complexity index is 1150. The summed E-state index contributed by atoms with van der Waals surface area (Å²) in [6.45, 7) is 0.548. The summed E-state index contributed by atoms with van der Waals surface area (Å²) in [5.41, 5.74) is 4.20. The minimum atomic E-state index is -0.973. The molecule has 3 saturated carbocycles. The van der Waals surface area contributed by atoms with Crippen molar-refractivity contribution in [1.82, 2.24) is 10.2 Å². The Hall–Kier alpha value is -3.35. The number of hydrogen-bond donors (Lipinski definition) is 2. The zero-order valence-electron chi connectivity index (χ0n) is 19.6. The smallest absolute Gasteiger partial charge is 0.407 e. The molecule has 7 heteroatoms. The molecule has 4 aliphatic carbocycles. The second-order valence-electron chi connectivity index (χ2n) is 10.7. The van der Waals surface area contributed by atoms with Crippen molar-refractivity contribution >= 4 is 18.0 Å². The number of carboxylic acid groups (broad SMARTS) is 1. The average Bonchev–Trinajstić information content (AvgIpc) is 3.73. The van der Waals surface area contributed by atoms with Gasteiger partial charge in [-0.25, -0.2) is 4.79 Å². The second kappa shape index (κ2) is 8.40. The second-order valence-corrected chi connectivity index (χ2v) is 10.7. The third kappa shape index (κ3) is 4.07. The van der Waals surface area contributed by atoms with E-state index in [1.54, 1.807) is 0 Å². The van der Waals surface area contributed by atoms with Gasteiger partial charge in [0, 0.05) is 18.5 Å². The van der Waals surface area contributed by atoms with Gasteiger partial charge in [0.25, 0.3) is 0 Å². The van der Waals surface area contributed by atoms with Crippen molar-refractivity contribution in [2.24, 2.45) is 17.3 Å². The molecule has 0 spiro atoms. The number of carbonyl (C=O) groups is 3. The topological polar surface area (TPSA) is 95.9 Å². The Kier molecular flexibility index (Phi) is 5.31. The molecule has 0 aliphatic heterocycles. The Morgan fingerprint density at radius 1 is 1.00 bits per heavy atom. The molecule has 2 N–H and O–H groups in total. The first-order valence-corrected chi connectivity index (χ1v) is 12.6. The largest absolute Gasteiger partial charge is 0.480 e. The van der Waals surface area contributed by atoms with Crippen LogP contribution < -0.4 is 5.32 Å². The van der Waals surface area contributed by atoms with Crippen molar-refractivity contribution < 1.29 is 24.2 Å². The molecule has 0 aromatic heterocycles.